The van der Waals surface area contributed by atoms with Gasteiger partial charge in [0.15, 0.2) is 0 Å². The fourth-order valence-electron chi connectivity index (χ4n) is 5.49. The third-order valence-electron chi connectivity index (χ3n) is 7.48. The standard InChI is InChI=1S/C34H38O4/c35-31-21-11-7-17-27(31)25(28-18-8-12-22-32(28)36)15-5-3-1-2-4-6-16-26(29-19-9-13-23-33(29)37)30-20-10-14-24-34(30)38/h7-14,17-26,35-38H,1-6,15-16H2. The molecule has 198 valence electrons. The first-order valence-corrected chi connectivity index (χ1v) is 13.7. The molecule has 0 bridgehead atoms. The van der Waals surface area contributed by atoms with Crippen LogP contribution < -0.4 is 0 Å². The molecule has 0 amide bonds. The van der Waals surface area contributed by atoms with Crippen LogP contribution >= 0.6 is 0 Å². The Morgan fingerprint density at radius 2 is 0.579 bits per heavy atom. The van der Waals surface area contributed by atoms with Crippen LogP contribution in [0.15, 0.2) is 97.1 Å². The van der Waals surface area contributed by atoms with Crippen LogP contribution in [0.25, 0.3) is 0 Å². The van der Waals surface area contributed by atoms with Crippen LogP contribution in [-0.4, -0.2) is 20.4 Å². The van der Waals surface area contributed by atoms with Crippen molar-refractivity contribution in [2.75, 3.05) is 0 Å². The van der Waals surface area contributed by atoms with Gasteiger partial charge in [-0.3, -0.25) is 0 Å². The fourth-order valence-corrected chi connectivity index (χ4v) is 5.49. The van der Waals surface area contributed by atoms with Crippen LogP contribution in [0.3, 0.4) is 0 Å². The van der Waals surface area contributed by atoms with Crippen molar-refractivity contribution in [3.05, 3.63) is 119 Å². The molecule has 0 saturated carbocycles. The van der Waals surface area contributed by atoms with Crippen molar-refractivity contribution < 1.29 is 20.4 Å². The molecule has 0 fully saturated rings. The molecule has 0 heterocycles. The van der Waals surface area contributed by atoms with E-state index in [2.05, 4.69) is 0 Å². The molecule has 38 heavy (non-hydrogen) atoms. The van der Waals surface area contributed by atoms with Crippen molar-refractivity contribution in [2.24, 2.45) is 0 Å². The first-order chi connectivity index (χ1) is 18.6. The molecule has 0 aliphatic carbocycles. The summed E-state index contributed by atoms with van der Waals surface area (Å²) in [7, 11) is 0. The van der Waals surface area contributed by atoms with E-state index in [1.165, 1.54) is 0 Å². The Morgan fingerprint density at radius 1 is 0.342 bits per heavy atom. The van der Waals surface area contributed by atoms with Crippen molar-refractivity contribution in [2.45, 2.75) is 63.2 Å². The van der Waals surface area contributed by atoms with Gasteiger partial charge in [-0.15, -0.1) is 0 Å². The average Bonchev–Trinajstić information content (AvgIpc) is 2.92. The average molecular weight is 511 g/mol. The first-order valence-electron chi connectivity index (χ1n) is 13.7. The summed E-state index contributed by atoms with van der Waals surface area (Å²) >= 11 is 0. The van der Waals surface area contributed by atoms with Crippen LogP contribution in [0.5, 0.6) is 23.0 Å². The molecule has 0 atom stereocenters. The quantitative estimate of drug-likeness (QED) is 0.136. The van der Waals surface area contributed by atoms with E-state index in [0.29, 0.717) is 0 Å². The molecule has 0 unspecified atom stereocenters. The van der Waals surface area contributed by atoms with Crippen molar-refractivity contribution in [1.29, 1.82) is 0 Å². The smallest absolute Gasteiger partial charge is 0.119 e. The van der Waals surface area contributed by atoms with Crippen LogP contribution in [0.4, 0.5) is 0 Å². The number of benzene rings is 4. The Hall–Kier alpha value is -3.92. The van der Waals surface area contributed by atoms with Gasteiger partial charge in [0.05, 0.1) is 0 Å². The van der Waals surface area contributed by atoms with Gasteiger partial charge in [-0.05, 0) is 37.1 Å². The van der Waals surface area contributed by atoms with Gasteiger partial charge in [0, 0.05) is 34.1 Å². The second-order valence-corrected chi connectivity index (χ2v) is 10.0. The van der Waals surface area contributed by atoms with Crippen LogP contribution in [0.2, 0.25) is 0 Å². The van der Waals surface area contributed by atoms with Crippen molar-refractivity contribution in [3.63, 3.8) is 0 Å². The minimum Gasteiger partial charge on any atom is -0.508 e. The fraction of sp³-hybridized carbons (Fsp3) is 0.294. The Balaban J connectivity index is 1.28. The molecule has 0 aromatic heterocycles. The van der Waals surface area contributed by atoms with Gasteiger partial charge in [0.1, 0.15) is 23.0 Å². The summed E-state index contributed by atoms with van der Waals surface area (Å²) in [6.07, 6.45) is 8.13. The topological polar surface area (TPSA) is 80.9 Å². The monoisotopic (exact) mass is 510 g/mol. The van der Waals surface area contributed by atoms with Crippen molar-refractivity contribution >= 4 is 0 Å². The Labute approximate surface area is 225 Å². The van der Waals surface area contributed by atoms with Gasteiger partial charge in [-0.25, -0.2) is 0 Å². The van der Waals surface area contributed by atoms with Gasteiger partial charge < -0.3 is 20.4 Å². The molecular weight excluding hydrogens is 472 g/mol. The van der Waals surface area contributed by atoms with Gasteiger partial charge in [-0.1, -0.05) is 111 Å². The van der Waals surface area contributed by atoms with Crippen molar-refractivity contribution in [3.8, 4) is 23.0 Å². The van der Waals surface area contributed by atoms with Gasteiger partial charge in [0.2, 0.25) is 0 Å². The van der Waals surface area contributed by atoms with E-state index in [4.69, 9.17) is 0 Å². The Morgan fingerprint density at radius 3 is 0.842 bits per heavy atom. The summed E-state index contributed by atoms with van der Waals surface area (Å²) in [6, 6.07) is 29.6. The number of para-hydroxylation sites is 4. The maximum Gasteiger partial charge on any atom is 0.119 e. The number of unbranched alkanes of at least 4 members (excludes halogenated alkanes) is 5. The Bertz CT molecular complexity index is 1110. The molecular formula is C34H38O4. The highest BCUT2D eigenvalue weighted by molar-refractivity contribution is 5.47. The SMILES string of the molecule is Oc1ccccc1C(CCCCCCCCC(c1ccccc1O)c1ccccc1O)c1ccccc1O. The predicted molar refractivity (Wildman–Crippen MR) is 153 cm³/mol. The van der Waals surface area contributed by atoms with E-state index in [9.17, 15) is 20.4 Å². The highest BCUT2D eigenvalue weighted by atomic mass is 16.3. The van der Waals surface area contributed by atoms with E-state index >= 15 is 0 Å². The van der Waals surface area contributed by atoms with E-state index in [1.54, 1.807) is 24.3 Å². The summed E-state index contributed by atoms with van der Waals surface area (Å²) in [4.78, 5) is 0. The molecule has 4 aromatic carbocycles. The molecule has 0 radical (unpaired) electrons. The first kappa shape index (κ1) is 27.1. The molecule has 4 N–H and O–H groups in total. The number of rotatable bonds is 13. The molecule has 0 spiro atoms. The zero-order valence-corrected chi connectivity index (χ0v) is 21.8. The number of hydrogen-bond donors (Lipinski definition) is 4. The number of hydrogen-bond acceptors (Lipinski definition) is 4. The largest absolute Gasteiger partial charge is 0.508 e. The number of phenolic OH excluding ortho intramolecular Hbond substituents is 4. The molecule has 0 saturated heterocycles. The lowest BCUT2D eigenvalue weighted by Gasteiger charge is -2.20. The second-order valence-electron chi connectivity index (χ2n) is 10.0. The summed E-state index contributed by atoms with van der Waals surface area (Å²) in [5.41, 5.74) is 3.42. The lowest BCUT2D eigenvalue weighted by atomic mass is 9.85. The van der Waals surface area contributed by atoms with Crippen LogP contribution in [-0.2, 0) is 0 Å². The molecule has 4 heteroatoms. The summed E-state index contributed by atoms with van der Waals surface area (Å²) in [5.74, 6) is 0.979. The van der Waals surface area contributed by atoms with E-state index < -0.39 is 0 Å². The lowest BCUT2D eigenvalue weighted by Crippen LogP contribution is -2.03. The minimum absolute atomic E-state index is 0.0461. The zero-order valence-electron chi connectivity index (χ0n) is 21.8. The maximum atomic E-state index is 10.5. The zero-order chi connectivity index (χ0) is 26.7. The highest BCUT2D eigenvalue weighted by Crippen LogP contribution is 2.40. The third-order valence-corrected chi connectivity index (χ3v) is 7.48. The normalized spacial score (nSPS) is 11.3. The molecule has 0 aliphatic rings. The maximum absolute atomic E-state index is 10.5. The molecule has 4 rings (SSSR count). The van der Waals surface area contributed by atoms with Gasteiger partial charge in [0.25, 0.3) is 0 Å². The number of phenols is 4. The van der Waals surface area contributed by atoms with Gasteiger partial charge >= 0.3 is 0 Å². The molecule has 0 aliphatic heterocycles. The Kier molecular flexibility index (Phi) is 9.69. The predicted octanol–water partition coefficient (Wildman–Crippen LogP) is 8.59. The third kappa shape index (κ3) is 6.89. The van der Waals surface area contributed by atoms with E-state index in [-0.39, 0.29) is 34.8 Å². The highest BCUT2D eigenvalue weighted by Gasteiger charge is 2.21. The summed E-state index contributed by atoms with van der Waals surface area (Å²) in [5, 5.41) is 41.9. The minimum atomic E-state index is -0.0461. The van der Waals surface area contributed by atoms with Crippen molar-refractivity contribution in [1.82, 2.24) is 0 Å². The van der Waals surface area contributed by atoms with Gasteiger partial charge in [-0.2, -0.15) is 0 Å². The summed E-state index contributed by atoms with van der Waals surface area (Å²) in [6.45, 7) is 0. The summed E-state index contributed by atoms with van der Waals surface area (Å²) < 4.78 is 0. The lowest BCUT2D eigenvalue weighted by molar-refractivity contribution is 0.444. The number of aromatic hydroxyl groups is 4. The van der Waals surface area contributed by atoms with Crippen LogP contribution in [0.1, 0.15) is 85.5 Å². The van der Waals surface area contributed by atoms with Crippen LogP contribution in [0, 0.1) is 0 Å². The molecule has 4 aromatic rings. The van der Waals surface area contributed by atoms with E-state index in [0.717, 1.165) is 73.6 Å². The van der Waals surface area contributed by atoms with E-state index in [1.807, 2.05) is 72.8 Å². The molecule has 4 nitrogen and oxygen atoms in total. The second kappa shape index (κ2) is 13.6.